The first-order chi connectivity index (χ1) is 4.31. The van der Waals surface area contributed by atoms with Crippen molar-refractivity contribution in [1.29, 1.82) is 0 Å². The maximum atomic E-state index is 8.70. The van der Waals surface area contributed by atoms with Crippen LogP contribution in [0, 0.1) is 0 Å². The second-order valence-electron chi connectivity index (χ2n) is 2.08. The molecule has 0 unspecified atom stereocenters. The number of hydrogen-bond acceptors (Lipinski definition) is 6. The fraction of sp³-hybridized carbons (Fsp3) is 1.00. The molecule has 0 fully saturated rings. The van der Waals surface area contributed by atoms with Crippen molar-refractivity contribution in [3.8, 4) is 0 Å². The van der Waals surface area contributed by atoms with E-state index in [4.69, 9.17) is 26.2 Å². The highest BCUT2D eigenvalue weighted by atomic mass is 16.6. The van der Waals surface area contributed by atoms with E-state index in [-0.39, 0.29) is 6.54 Å². The minimum Gasteiger partial charge on any atom is -0.360 e. The monoisotopic (exact) mass is 152 g/mol. The van der Waals surface area contributed by atoms with Gasteiger partial charge in [-0.3, -0.25) is 5.73 Å². The second-order valence-corrected chi connectivity index (χ2v) is 2.08. The molecular weight excluding hydrogens is 140 g/mol. The van der Waals surface area contributed by atoms with Gasteiger partial charge in [-0.05, 0) is 6.54 Å². The van der Waals surface area contributed by atoms with Gasteiger partial charge in [0.15, 0.2) is 0 Å². The minimum absolute atomic E-state index is 0.104. The van der Waals surface area contributed by atoms with Crippen LogP contribution in [0.4, 0.5) is 0 Å². The van der Waals surface area contributed by atoms with Crippen LogP contribution in [0.15, 0.2) is 0 Å². The number of rotatable bonds is 3. The highest BCUT2D eigenvalue weighted by Crippen LogP contribution is 2.14. The summed E-state index contributed by atoms with van der Waals surface area (Å²) < 4.78 is 0. The lowest BCUT2D eigenvalue weighted by Gasteiger charge is -2.30. The molecule has 10 heavy (non-hydrogen) atoms. The molecule has 8 N–H and O–H groups in total. The quantitative estimate of drug-likeness (QED) is 0.234. The van der Waals surface area contributed by atoms with Crippen LogP contribution in [0.5, 0.6) is 0 Å². The lowest BCUT2D eigenvalue weighted by molar-refractivity contribution is -0.355. The Morgan fingerprint density at radius 2 is 1.50 bits per heavy atom. The SMILES string of the molecule is NCCC(O)(O)C(N)(O)O. The van der Waals surface area contributed by atoms with Crippen LogP contribution in [0.3, 0.4) is 0 Å². The largest absolute Gasteiger partial charge is 0.360 e. The van der Waals surface area contributed by atoms with Gasteiger partial charge in [-0.15, -0.1) is 0 Å². The molecule has 0 radical (unpaired) electrons. The predicted molar refractivity (Wildman–Crippen MR) is 32.2 cm³/mol. The third-order valence-electron chi connectivity index (χ3n) is 1.08. The smallest absolute Gasteiger partial charge is 0.276 e. The molecule has 0 aliphatic rings. The van der Waals surface area contributed by atoms with E-state index in [1.807, 2.05) is 0 Å². The van der Waals surface area contributed by atoms with E-state index in [0.29, 0.717) is 0 Å². The summed E-state index contributed by atoms with van der Waals surface area (Å²) in [4.78, 5) is 0. The van der Waals surface area contributed by atoms with Gasteiger partial charge >= 0.3 is 0 Å². The maximum Gasteiger partial charge on any atom is 0.276 e. The molecular formula is C4H12N2O4. The normalized spacial score (nSPS) is 13.8. The summed E-state index contributed by atoms with van der Waals surface area (Å²) in [6, 6.07) is 0. The molecule has 0 aromatic heterocycles. The Kier molecular flexibility index (Phi) is 2.72. The van der Waals surface area contributed by atoms with Gasteiger partial charge in [-0.1, -0.05) is 0 Å². The van der Waals surface area contributed by atoms with E-state index in [1.165, 1.54) is 0 Å². The summed E-state index contributed by atoms with van der Waals surface area (Å²) in [7, 11) is 0. The molecule has 6 nitrogen and oxygen atoms in total. The summed E-state index contributed by atoms with van der Waals surface area (Å²) >= 11 is 0. The number of aliphatic hydroxyl groups is 4. The molecule has 0 atom stereocenters. The Bertz CT molecular complexity index is 108. The van der Waals surface area contributed by atoms with Crippen molar-refractivity contribution in [3.63, 3.8) is 0 Å². The standard InChI is InChI=1S/C4H12N2O4/c5-2-1-3(7,8)4(6,9)10/h7-10H,1-2,5-6H2. The van der Waals surface area contributed by atoms with E-state index in [9.17, 15) is 0 Å². The molecule has 6 heteroatoms. The first kappa shape index (κ1) is 9.76. The van der Waals surface area contributed by atoms with Gasteiger partial charge in [0, 0.05) is 6.42 Å². The van der Waals surface area contributed by atoms with E-state index in [2.05, 4.69) is 5.73 Å². The molecule has 0 saturated carbocycles. The second kappa shape index (κ2) is 2.79. The summed E-state index contributed by atoms with van der Waals surface area (Å²) in [5, 5.41) is 34.3. The zero-order valence-corrected chi connectivity index (χ0v) is 5.36. The van der Waals surface area contributed by atoms with E-state index < -0.39 is 18.1 Å². The van der Waals surface area contributed by atoms with Gasteiger partial charge in [0.25, 0.3) is 5.91 Å². The summed E-state index contributed by atoms with van der Waals surface area (Å²) in [6.07, 6.45) is -0.406. The Balaban J connectivity index is 4.10. The fourth-order valence-corrected chi connectivity index (χ4v) is 0.385. The van der Waals surface area contributed by atoms with Crippen molar-refractivity contribution >= 4 is 0 Å². The van der Waals surface area contributed by atoms with Gasteiger partial charge in [0.1, 0.15) is 0 Å². The lowest BCUT2D eigenvalue weighted by atomic mass is 10.1. The molecule has 62 valence electrons. The molecule has 0 amide bonds. The third kappa shape index (κ3) is 2.18. The Morgan fingerprint density at radius 1 is 1.10 bits per heavy atom. The molecule has 0 aliphatic carbocycles. The molecule has 0 bridgehead atoms. The highest BCUT2D eigenvalue weighted by molar-refractivity contribution is 4.76. The topological polar surface area (TPSA) is 133 Å². The Morgan fingerprint density at radius 3 is 1.60 bits per heavy atom. The maximum absolute atomic E-state index is 8.70. The molecule has 0 saturated heterocycles. The molecule has 0 spiro atoms. The summed E-state index contributed by atoms with van der Waals surface area (Å²) in [5.74, 6) is -5.77. The summed E-state index contributed by atoms with van der Waals surface area (Å²) in [5.41, 5.74) is 9.47. The van der Waals surface area contributed by atoms with Crippen LogP contribution in [-0.2, 0) is 0 Å². The minimum atomic E-state index is -3.02. The average Bonchev–Trinajstić information content (AvgIpc) is 1.61. The van der Waals surface area contributed by atoms with E-state index >= 15 is 0 Å². The molecule has 0 aromatic rings. The Labute approximate surface area is 57.7 Å². The van der Waals surface area contributed by atoms with Crippen molar-refractivity contribution < 1.29 is 20.4 Å². The van der Waals surface area contributed by atoms with Gasteiger partial charge in [0.05, 0.1) is 0 Å². The van der Waals surface area contributed by atoms with E-state index in [0.717, 1.165) is 0 Å². The Hall–Kier alpha value is -0.240. The molecule has 0 rings (SSSR count). The van der Waals surface area contributed by atoms with Crippen LogP contribution in [0.2, 0.25) is 0 Å². The third-order valence-corrected chi connectivity index (χ3v) is 1.08. The van der Waals surface area contributed by atoms with Gasteiger partial charge in [-0.2, -0.15) is 0 Å². The first-order valence-electron chi connectivity index (χ1n) is 2.69. The first-order valence-corrected chi connectivity index (χ1v) is 2.69. The van der Waals surface area contributed by atoms with Crippen LogP contribution in [0.1, 0.15) is 6.42 Å². The molecule has 0 aromatic carbocycles. The zero-order chi connectivity index (χ0) is 8.41. The molecule has 0 heterocycles. The van der Waals surface area contributed by atoms with Crippen LogP contribution >= 0.6 is 0 Å². The van der Waals surface area contributed by atoms with Crippen LogP contribution in [-0.4, -0.2) is 38.7 Å². The lowest BCUT2D eigenvalue weighted by Crippen LogP contribution is -2.61. The van der Waals surface area contributed by atoms with Crippen molar-refractivity contribution in [2.45, 2.75) is 18.1 Å². The molecule has 0 aliphatic heterocycles. The highest BCUT2D eigenvalue weighted by Gasteiger charge is 2.43. The van der Waals surface area contributed by atoms with Crippen molar-refractivity contribution in [2.24, 2.45) is 11.5 Å². The van der Waals surface area contributed by atoms with Crippen molar-refractivity contribution in [1.82, 2.24) is 0 Å². The average molecular weight is 152 g/mol. The summed E-state index contributed by atoms with van der Waals surface area (Å²) in [6.45, 7) is -0.104. The number of hydrogen-bond donors (Lipinski definition) is 6. The fourth-order valence-electron chi connectivity index (χ4n) is 0.385. The van der Waals surface area contributed by atoms with Gasteiger partial charge in [0.2, 0.25) is 5.79 Å². The van der Waals surface area contributed by atoms with Crippen LogP contribution < -0.4 is 11.5 Å². The van der Waals surface area contributed by atoms with E-state index in [1.54, 1.807) is 0 Å². The van der Waals surface area contributed by atoms with Crippen molar-refractivity contribution in [2.75, 3.05) is 6.54 Å². The zero-order valence-electron chi connectivity index (χ0n) is 5.36. The predicted octanol–water partition coefficient (Wildman–Crippen LogP) is -3.39. The number of nitrogens with two attached hydrogens (primary N) is 2. The van der Waals surface area contributed by atoms with Gasteiger partial charge < -0.3 is 26.2 Å². The van der Waals surface area contributed by atoms with Crippen LogP contribution in [0.25, 0.3) is 0 Å². The van der Waals surface area contributed by atoms with Gasteiger partial charge in [-0.25, -0.2) is 0 Å². The van der Waals surface area contributed by atoms with Crippen molar-refractivity contribution in [3.05, 3.63) is 0 Å².